The summed E-state index contributed by atoms with van der Waals surface area (Å²) < 4.78 is 4.90. The minimum atomic E-state index is -0.460. The highest BCUT2D eigenvalue weighted by Gasteiger charge is 2.34. The summed E-state index contributed by atoms with van der Waals surface area (Å²) in [7, 11) is 1.33. The zero-order chi connectivity index (χ0) is 16.3. The molecule has 4 nitrogen and oxygen atoms in total. The maximum absolute atomic E-state index is 12.2. The number of hydrogen-bond acceptors (Lipinski definition) is 5. The lowest BCUT2D eigenvalue weighted by molar-refractivity contribution is -0.136. The highest BCUT2D eigenvalue weighted by Crippen LogP contribution is 2.40. The summed E-state index contributed by atoms with van der Waals surface area (Å²) in [6.45, 7) is 1.81. The summed E-state index contributed by atoms with van der Waals surface area (Å²) in [6.07, 6.45) is 1.88. The normalized spacial score (nSPS) is 17.9. The van der Waals surface area contributed by atoms with Crippen molar-refractivity contribution in [2.24, 2.45) is 0 Å². The first-order chi connectivity index (χ1) is 10.5. The minimum Gasteiger partial charge on any atom is -0.466 e. The molecule has 0 amide bonds. The smallest absolute Gasteiger partial charge is 0.336 e. The molecule has 0 saturated carbocycles. The van der Waals surface area contributed by atoms with Gasteiger partial charge in [0.05, 0.1) is 35.3 Å². The van der Waals surface area contributed by atoms with Gasteiger partial charge in [0.25, 0.3) is 0 Å². The number of allylic oxidation sites excluding steroid dienone is 2. The zero-order valence-electron chi connectivity index (χ0n) is 12.4. The SMILES string of the molecule is COC(=O)C1=C(C)NC(SC)=C(C#N)[C@H]1c1ccc(Cl)cc1. The second kappa shape index (κ2) is 6.91. The van der Waals surface area contributed by atoms with E-state index in [1.165, 1.54) is 18.9 Å². The Morgan fingerprint density at radius 3 is 2.55 bits per heavy atom. The number of hydrogen-bond donors (Lipinski definition) is 1. The highest BCUT2D eigenvalue weighted by molar-refractivity contribution is 8.02. The van der Waals surface area contributed by atoms with Crippen LogP contribution in [0.25, 0.3) is 0 Å². The van der Waals surface area contributed by atoms with Gasteiger partial charge in [0, 0.05) is 10.7 Å². The molecular weight excluding hydrogens is 320 g/mol. The summed E-state index contributed by atoms with van der Waals surface area (Å²) >= 11 is 7.37. The van der Waals surface area contributed by atoms with Crippen LogP contribution in [0, 0.1) is 11.3 Å². The molecule has 22 heavy (non-hydrogen) atoms. The average molecular weight is 335 g/mol. The van der Waals surface area contributed by atoms with Gasteiger partial charge in [-0.2, -0.15) is 5.26 Å². The van der Waals surface area contributed by atoms with Crippen LogP contribution in [-0.4, -0.2) is 19.3 Å². The number of benzene rings is 1. The first-order valence-electron chi connectivity index (χ1n) is 6.53. The Hall–Kier alpha value is -1.90. The molecule has 0 aliphatic carbocycles. The van der Waals surface area contributed by atoms with Gasteiger partial charge in [-0.3, -0.25) is 0 Å². The zero-order valence-corrected chi connectivity index (χ0v) is 14.0. The number of thioether (sulfide) groups is 1. The third-order valence-corrected chi connectivity index (χ3v) is 4.44. The number of carbonyl (C=O) groups is 1. The van der Waals surface area contributed by atoms with Crippen LogP contribution in [-0.2, 0) is 9.53 Å². The fraction of sp³-hybridized carbons (Fsp3) is 0.250. The van der Waals surface area contributed by atoms with E-state index in [-0.39, 0.29) is 0 Å². The lowest BCUT2D eigenvalue weighted by Crippen LogP contribution is -2.28. The number of esters is 1. The number of ether oxygens (including phenoxy) is 1. The summed E-state index contributed by atoms with van der Waals surface area (Å²) in [5.41, 5.74) is 2.46. The Balaban J connectivity index is 2.65. The summed E-state index contributed by atoms with van der Waals surface area (Å²) in [5, 5.41) is 14.0. The first-order valence-corrected chi connectivity index (χ1v) is 8.13. The third-order valence-electron chi connectivity index (χ3n) is 3.46. The van der Waals surface area contributed by atoms with Crippen molar-refractivity contribution in [2.75, 3.05) is 13.4 Å². The Kier molecular flexibility index (Phi) is 5.17. The van der Waals surface area contributed by atoms with Gasteiger partial charge in [-0.05, 0) is 30.9 Å². The number of rotatable bonds is 3. The van der Waals surface area contributed by atoms with Gasteiger partial charge in [-0.25, -0.2) is 4.79 Å². The minimum absolute atomic E-state index is 0.444. The number of nitrogens with one attached hydrogen (secondary N) is 1. The van der Waals surface area contributed by atoms with E-state index in [0.717, 1.165) is 10.6 Å². The lowest BCUT2D eigenvalue weighted by Gasteiger charge is -2.28. The van der Waals surface area contributed by atoms with Crippen LogP contribution < -0.4 is 5.32 Å². The Labute approximate surface area is 138 Å². The van der Waals surface area contributed by atoms with Crippen molar-refractivity contribution in [2.45, 2.75) is 12.8 Å². The van der Waals surface area contributed by atoms with Gasteiger partial charge < -0.3 is 10.1 Å². The molecule has 0 spiro atoms. The molecule has 0 saturated heterocycles. The van der Waals surface area contributed by atoms with Crippen LogP contribution in [0.4, 0.5) is 0 Å². The van der Waals surface area contributed by atoms with Crippen molar-refractivity contribution >= 4 is 29.3 Å². The van der Waals surface area contributed by atoms with E-state index in [1.54, 1.807) is 19.1 Å². The Morgan fingerprint density at radius 2 is 2.05 bits per heavy atom. The predicted molar refractivity (Wildman–Crippen MR) is 88.2 cm³/mol. The Bertz CT molecular complexity index is 702. The van der Waals surface area contributed by atoms with Crippen LogP contribution in [0.1, 0.15) is 18.4 Å². The summed E-state index contributed by atoms with van der Waals surface area (Å²) in [6, 6.07) is 9.36. The molecular formula is C16H15ClN2O2S. The topological polar surface area (TPSA) is 62.1 Å². The van der Waals surface area contributed by atoms with Crippen molar-refractivity contribution in [1.82, 2.24) is 5.32 Å². The molecule has 1 N–H and O–H groups in total. The number of nitrogens with zero attached hydrogens (tertiary/aromatic N) is 1. The average Bonchev–Trinajstić information content (AvgIpc) is 2.53. The quantitative estimate of drug-likeness (QED) is 0.856. The molecule has 0 aromatic heterocycles. The van der Waals surface area contributed by atoms with E-state index in [9.17, 15) is 10.1 Å². The van der Waals surface area contributed by atoms with Crippen molar-refractivity contribution in [3.8, 4) is 6.07 Å². The molecule has 1 aliphatic rings. The Morgan fingerprint density at radius 1 is 1.41 bits per heavy atom. The van der Waals surface area contributed by atoms with Gasteiger partial charge in [0.2, 0.25) is 0 Å². The van der Waals surface area contributed by atoms with Crippen molar-refractivity contribution in [3.05, 3.63) is 56.7 Å². The molecule has 0 fully saturated rings. The fourth-order valence-corrected chi connectivity index (χ4v) is 3.21. The molecule has 1 heterocycles. The van der Waals surface area contributed by atoms with Gasteiger partial charge in [0.15, 0.2) is 0 Å². The molecule has 1 aromatic carbocycles. The lowest BCUT2D eigenvalue weighted by atomic mass is 9.82. The number of carbonyl (C=O) groups excluding carboxylic acids is 1. The molecule has 6 heteroatoms. The van der Waals surface area contributed by atoms with E-state index in [4.69, 9.17) is 16.3 Å². The molecule has 0 bridgehead atoms. The molecule has 2 rings (SSSR count). The molecule has 0 radical (unpaired) electrons. The second-order valence-corrected chi connectivity index (χ2v) is 5.95. The largest absolute Gasteiger partial charge is 0.466 e. The van der Waals surface area contributed by atoms with Crippen molar-refractivity contribution in [1.29, 1.82) is 5.26 Å². The van der Waals surface area contributed by atoms with E-state index in [2.05, 4.69) is 11.4 Å². The molecule has 1 atom stereocenters. The first kappa shape index (κ1) is 16.5. The van der Waals surface area contributed by atoms with Gasteiger partial charge in [-0.15, -0.1) is 11.8 Å². The van der Waals surface area contributed by atoms with E-state index in [1.807, 2.05) is 18.4 Å². The number of dihydropyridines is 1. The molecule has 114 valence electrons. The van der Waals surface area contributed by atoms with Crippen molar-refractivity contribution < 1.29 is 9.53 Å². The van der Waals surface area contributed by atoms with Crippen LogP contribution in [0.15, 0.2) is 46.1 Å². The highest BCUT2D eigenvalue weighted by atomic mass is 35.5. The number of methoxy groups -OCH3 is 1. The van der Waals surface area contributed by atoms with Gasteiger partial charge in [-0.1, -0.05) is 23.7 Å². The summed E-state index contributed by atoms with van der Waals surface area (Å²) in [5.74, 6) is -0.906. The maximum atomic E-state index is 12.2. The predicted octanol–water partition coefficient (Wildman–Crippen LogP) is 3.57. The molecule has 1 aromatic rings. The maximum Gasteiger partial charge on any atom is 0.336 e. The van der Waals surface area contributed by atoms with Crippen LogP contribution in [0.5, 0.6) is 0 Å². The van der Waals surface area contributed by atoms with Crippen LogP contribution in [0.2, 0.25) is 5.02 Å². The number of nitriles is 1. The van der Waals surface area contributed by atoms with Crippen molar-refractivity contribution in [3.63, 3.8) is 0 Å². The second-order valence-electron chi connectivity index (χ2n) is 4.70. The number of halogens is 1. The van der Waals surface area contributed by atoms with Gasteiger partial charge in [0.1, 0.15) is 0 Å². The van der Waals surface area contributed by atoms with E-state index >= 15 is 0 Å². The molecule has 0 unspecified atom stereocenters. The van der Waals surface area contributed by atoms with E-state index in [0.29, 0.717) is 21.9 Å². The van der Waals surface area contributed by atoms with Gasteiger partial charge >= 0.3 is 5.97 Å². The fourth-order valence-electron chi connectivity index (χ4n) is 2.44. The van der Waals surface area contributed by atoms with Crippen LogP contribution >= 0.6 is 23.4 Å². The monoisotopic (exact) mass is 334 g/mol. The van der Waals surface area contributed by atoms with E-state index < -0.39 is 11.9 Å². The third kappa shape index (κ3) is 2.99. The standard InChI is InChI=1S/C16H15ClN2O2S/c1-9-13(16(20)21-2)14(10-4-6-11(17)7-5-10)12(8-18)15(19-9)22-3/h4-7,14,19H,1-3H3/t14-/m1/s1. The van der Waals surface area contributed by atoms with Crippen LogP contribution in [0.3, 0.4) is 0 Å². The summed E-state index contributed by atoms with van der Waals surface area (Å²) in [4.78, 5) is 12.2. The molecule has 1 aliphatic heterocycles.